The molecule has 0 saturated carbocycles. The molecular formula is C18H19NO3. The molecule has 22 heavy (non-hydrogen) atoms. The van der Waals surface area contributed by atoms with Crippen LogP contribution in [0.3, 0.4) is 0 Å². The van der Waals surface area contributed by atoms with E-state index in [0.717, 1.165) is 11.3 Å². The SMILES string of the molecule is CC(C)Oc1cccc(/C=C/C(=O)Nc2cccc(O)c2)c1. The average Bonchev–Trinajstić information content (AvgIpc) is 2.45. The highest BCUT2D eigenvalue weighted by molar-refractivity contribution is 6.02. The van der Waals surface area contributed by atoms with Gasteiger partial charge in [0.2, 0.25) is 5.91 Å². The maximum atomic E-state index is 11.8. The molecule has 1 amide bonds. The summed E-state index contributed by atoms with van der Waals surface area (Å²) >= 11 is 0. The van der Waals surface area contributed by atoms with E-state index in [9.17, 15) is 9.90 Å². The van der Waals surface area contributed by atoms with Gasteiger partial charge in [-0.15, -0.1) is 0 Å². The lowest BCUT2D eigenvalue weighted by Gasteiger charge is -2.09. The lowest BCUT2D eigenvalue weighted by Crippen LogP contribution is -2.07. The normalized spacial score (nSPS) is 10.9. The first-order valence-corrected chi connectivity index (χ1v) is 7.08. The summed E-state index contributed by atoms with van der Waals surface area (Å²) in [6.07, 6.45) is 3.26. The lowest BCUT2D eigenvalue weighted by molar-refractivity contribution is -0.111. The van der Waals surface area contributed by atoms with Gasteiger partial charge >= 0.3 is 0 Å². The van der Waals surface area contributed by atoms with Crippen molar-refractivity contribution in [2.75, 3.05) is 5.32 Å². The van der Waals surface area contributed by atoms with Gasteiger partial charge in [-0.05, 0) is 49.8 Å². The van der Waals surface area contributed by atoms with Crippen molar-refractivity contribution >= 4 is 17.7 Å². The van der Waals surface area contributed by atoms with E-state index in [0.29, 0.717) is 5.69 Å². The Hall–Kier alpha value is -2.75. The van der Waals surface area contributed by atoms with Crippen LogP contribution in [0.2, 0.25) is 0 Å². The number of phenols is 1. The molecule has 0 aliphatic heterocycles. The minimum atomic E-state index is -0.263. The maximum Gasteiger partial charge on any atom is 0.248 e. The van der Waals surface area contributed by atoms with E-state index >= 15 is 0 Å². The zero-order chi connectivity index (χ0) is 15.9. The van der Waals surface area contributed by atoms with Gasteiger partial charge in [-0.2, -0.15) is 0 Å². The van der Waals surface area contributed by atoms with Crippen LogP contribution in [0, 0.1) is 0 Å². The summed E-state index contributed by atoms with van der Waals surface area (Å²) in [5.74, 6) is 0.617. The zero-order valence-corrected chi connectivity index (χ0v) is 12.6. The fourth-order valence-corrected chi connectivity index (χ4v) is 1.90. The largest absolute Gasteiger partial charge is 0.508 e. The number of phenolic OH excluding ortho intramolecular Hbond substituents is 1. The predicted molar refractivity (Wildman–Crippen MR) is 88.0 cm³/mol. The number of amides is 1. The predicted octanol–water partition coefficient (Wildman–Crippen LogP) is 3.83. The number of carbonyl (C=O) groups is 1. The van der Waals surface area contributed by atoms with E-state index < -0.39 is 0 Å². The van der Waals surface area contributed by atoms with E-state index in [2.05, 4.69) is 5.32 Å². The first-order valence-electron chi connectivity index (χ1n) is 7.08. The van der Waals surface area contributed by atoms with Gasteiger partial charge < -0.3 is 15.2 Å². The molecule has 0 aromatic heterocycles. The highest BCUT2D eigenvalue weighted by Gasteiger charge is 2.00. The molecule has 4 heteroatoms. The van der Waals surface area contributed by atoms with Gasteiger partial charge in [-0.1, -0.05) is 18.2 Å². The number of ether oxygens (including phenoxy) is 1. The van der Waals surface area contributed by atoms with Gasteiger partial charge in [0.15, 0.2) is 0 Å². The number of anilines is 1. The summed E-state index contributed by atoms with van der Waals surface area (Å²) in [7, 11) is 0. The Morgan fingerprint density at radius 2 is 1.95 bits per heavy atom. The molecule has 2 aromatic carbocycles. The second kappa shape index (κ2) is 7.31. The number of hydrogen-bond donors (Lipinski definition) is 2. The van der Waals surface area contributed by atoms with Gasteiger partial charge in [-0.25, -0.2) is 0 Å². The molecule has 2 rings (SSSR count). The third-order valence-electron chi connectivity index (χ3n) is 2.77. The monoisotopic (exact) mass is 297 g/mol. The Balaban J connectivity index is 2.00. The molecule has 114 valence electrons. The molecule has 0 heterocycles. The molecule has 0 radical (unpaired) electrons. The van der Waals surface area contributed by atoms with Crippen molar-refractivity contribution in [3.8, 4) is 11.5 Å². The van der Waals surface area contributed by atoms with Gasteiger partial charge in [0, 0.05) is 17.8 Å². The zero-order valence-electron chi connectivity index (χ0n) is 12.6. The van der Waals surface area contributed by atoms with Crippen molar-refractivity contribution in [2.24, 2.45) is 0 Å². The second-order valence-corrected chi connectivity index (χ2v) is 5.11. The van der Waals surface area contributed by atoms with Crippen LogP contribution in [0.15, 0.2) is 54.6 Å². The molecule has 0 saturated heterocycles. The fourth-order valence-electron chi connectivity index (χ4n) is 1.90. The molecule has 0 fully saturated rings. The number of carbonyl (C=O) groups excluding carboxylic acids is 1. The molecule has 0 aliphatic rings. The average molecular weight is 297 g/mol. The summed E-state index contributed by atoms with van der Waals surface area (Å²) in [5, 5.41) is 12.0. The topological polar surface area (TPSA) is 58.6 Å². The third-order valence-corrected chi connectivity index (χ3v) is 2.77. The summed E-state index contributed by atoms with van der Waals surface area (Å²) < 4.78 is 5.61. The number of nitrogens with one attached hydrogen (secondary N) is 1. The minimum absolute atomic E-state index is 0.105. The summed E-state index contributed by atoms with van der Waals surface area (Å²) in [6, 6.07) is 13.9. The molecule has 4 nitrogen and oxygen atoms in total. The van der Waals surface area contributed by atoms with Gasteiger partial charge in [0.05, 0.1) is 6.10 Å². The van der Waals surface area contributed by atoms with E-state index in [1.54, 1.807) is 24.3 Å². The van der Waals surface area contributed by atoms with E-state index in [1.807, 2.05) is 38.1 Å². The second-order valence-electron chi connectivity index (χ2n) is 5.11. The van der Waals surface area contributed by atoms with Crippen LogP contribution in [0.5, 0.6) is 11.5 Å². The number of aromatic hydroxyl groups is 1. The van der Waals surface area contributed by atoms with Crippen molar-refractivity contribution in [2.45, 2.75) is 20.0 Å². The van der Waals surface area contributed by atoms with Gasteiger partial charge in [-0.3, -0.25) is 4.79 Å². The van der Waals surface area contributed by atoms with Crippen molar-refractivity contribution in [3.63, 3.8) is 0 Å². The van der Waals surface area contributed by atoms with Crippen molar-refractivity contribution in [3.05, 3.63) is 60.2 Å². The summed E-state index contributed by atoms with van der Waals surface area (Å²) in [4.78, 5) is 11.8. The standard InChI is InChI=1S/C18H19NO3/c1-13(2)22-17-8-3-5-14(11-17)9-10-18(21)19-15-6-4-7-16(20)12-15/h3-13,20H,1-2H3,(H,19,21)/b10-9+. The number of rotatable bonds is 5. The van der Waals surface area contributed by atoms with Crippen LogP contribution in [-0.4, -0.2) is 17.1 Å². The Morgan fingerprint density at radius 1 is 1.18 bits per heavy atom. The molecular weight excluding hydrogens is 278 g/mol. The minimum Gasteiger partial charge on any atom is -0.508 e. The van der Waals surface area contributed by atoms with E-state index in [4.69, 9.17) is 4.74 Å². The van der Waals surface area contributed by atoms with Crippen LogP contribution in [0.4, 0.5) is 5.69 Å². The fraction of sp³-hybridized carbons (Fsp3) is 0.167. The van der Waals surface area contributed by atoms with Crippen LogP contribution in [0.25, 0.3) is 6.08 Å². The molecule has 2 N–H and O–H groups in total. The Bertz CT molecular complexity index is 678. The number of benzene rings is 2. The van der Waals surface area contributed by atoms with Crippen LogP contribution < -0.4 is 10.1 Å². The molecule has 0 aliphatic carbocycles. The lowest BCUT2D eigenvalue weighted by atomic mass is 10.2. The Labute approximate surface area is 130 Å². The smallest absolute Gasteiger partial charge is 0.248 e. The molecule has 0 bridgehead atoms. The van der Waals surface area contributed by atoms with Crippen molar-refractivity contribution in [1.82, 2.24) is 0 Å². The molecule has 0 unspecified atom stereocenters. The molecule has 0 spiro atoms. The quantitative estimate of drug-likeness (QED) is 0.825. The first-order chi connectivity index (χ1) is 10.5. The third kappa shape index (κ3) is 4.98. The van der Waals surface area contributed by atoms with Crippen LogP contribution in [-0.2, 0) is 4.79 Å². The highest BCUT2D eigenvalue weighted by Crippen LogP contribution is 2.17. The Kier molecular flexibility index (Phi) is 5.20. The van der Waals surface area contributed by atoms with E-state index in [-0.39, 0.29) is 17.8 Å². The molecule has 2 aromatic rings. The Morgan fingerprint density at radius 3 is 2.68 bits per heavy atom. The highest BCUT2D eigenvalue weighted by atomic mass is 16.5. The summed E-state index contributed by atoms with van der Waals surface area (Å²) in [5.41, 5.74) is 1.43. The van der Waals surface area contributed by atoms with Crippen LogP contribution in [0.1, 0.15) is 19.4 Å². The van der Waals surface area contributed by atoms with Gasteiger partial charge in [0.1, 0.15) is 11.5 Å². The molecule has 0 atom stereocenters. The maximum absolute atomic E-state index is 11.8. The summed E-state index contributed by atoms with van der Waals surface area (Å²) in [6.45, 7) is 3.93. The first kappa shape index (κ1) is 15.6. The van der Waals surface area contributed by atoms with Crippen LogP contribution >= 0.6 is 0 Å². The number of hydrogen-bond acceptors (Lipinski definition) is 3. The van der Waals surface area contributed by atoms with E-state index in [1.165, 1.54) is 12.1 Å². The van der Waals surface area contributed by atoms with Crippen molar-refractivity contribution in [1.29, 1.82) is 0 Å². The van der Waals surface area contributed by atoms with Crippen molar-refractivity contribution < 1.29 is 14.6 Å². The van der Waals surface area contributed by atoms with Gasteiger partial charge in [0.25, 0.3) is 0 Å².